The first-order chi connectivity index (χ1) is 31.5. The van der Waals surface area contributed by atoms with E-state index in [2.05, 4.69) is 40.0 Å². The highest BCUT2D eigenvalue weighted by Crippen LogP contribution is 2.25. The highest BCUT2D eigenvalue weighted by molar-refractivity contribution is 9.10. The van der Waals surface area contributed by atoms with E-state index >= 15 is 0 Å². The van der Waals surface area contributed by atoms with Gasteiger partial charge in [0.2, 0.25) is 10.9 Å². The van der Waals surface area contributed by atoms with E-state index in [1.165, 1.54) is 62.4 Å². The molecule has 0 amide bonds. The van der Waals surface area contributed by atoms with Crippen LogP contribution in [0.15, 0.2) is 76.6 Å². The van der Waals surface area contributed by atoms with Crippen LogP contribution in [0.4, 0.5) is 8.78 Å². The van der Waals surface area contributed by atoms with Gasteiger partial charge in [0.15, 0.2) is 11.2 Å². The van der Waals surface area contributed by atoms with Crippen molar-refractivity contribution in [1.82, 2.24) is 15.0 Å². The van der Waals surface area contributed by atoms with E-state index in [1.54, 1.807) is 55.4 Å². The minimum atomic E-state index is -1.27. The van der Waals surface area contributed by atoms with Crippen LogP contribution in [0.5, 0.6) is 11.5 Å². The predicted octanol–water partition coefficient (Wildman–Crippen LogP) is 6.84. The van der Waals surface area contributed by atoms with Gasteiger partial charge in [0.05, 0.1) is 4.47 Å². The van der Waals surface area contributed by atoms with Gasteiger partial charge in [0, 0.05) is 51.9 Å². The highest BCUT2D eigenvalue weighted by Gasteiger charge is 2.21. The van der Waals surface area contributed by atoms with E-state index in [0.717, 1.165) is 0 Å². The van der Waals surface area contributed by atoms with Gasteiger partial charge in [-0.1, -0.05) is 6.07 Å². The van der Waals surface area contributed by atoms with Gasteiger partial charge in [0.25, 0.3) is 0 Å². The Labute approximate surface area is 394 Å². The SMILES string of the molecule is CC(=O)c1c(O)cc(C)oc1=O.Cc1[nH]c(C)c(C(=O)O)c(=O)c1Br.Cc1cc(=O)c(C(=O)O)c(C)[nH]1.Cc1cc(F)ccc1-c1c(C)[nH]c(C)c(C(=O)O)c1=O.Cc1cc(F)ccc1O[B]O. The molecule has 8 N–H and O–H groups in total. The summed E-state index contributed by atoms with van der Waals surface area (Å²) in [6, 6.07) is 10.6. The molecule has 0 unspecified atom stereocenters. The summed E-state index contributed by atoms with van der Waals surface area (Å²) in [6.07, 6.45) is 0. The predicted molar refractivity (Wildman–Crippen MR) is 249 cm³/mol. The zero-order valence-electron chi connectivity index (χ0n) is 38.1. The summed E-state index contributed by atoms with van der Waals surface area (Å²) in [5.41, 5.74) is 1.73. The van der Waals surface area contributed by atoms with Crippen LogP contribution >= 0.6 is 15.9 Å². The van der Waals surface area contributed by atoms with Crippen molar-refractivity contribution in [3.63, 3.8) is 0 Å². The van der Waals surface area contributed by atoms with Crippen LogP contribution in [-0.2, 0) is 0 Å². The van der Waals surface area contributed by atoms with E-state index in [-0.39, 0.29) is 49.6 Å². The Kier molecular flexibility index (Phi) is 20.5. The largest absolute Gasteiger partial charge is 0.569 e. The Bertz CT molecular complexity index is 3070. The first-order valence-corrected chi connectivity index (χ1v) is 20.4. The lowest BCUT2D eigenvalue weighted by molar-refractivity contribution is 0.0683. The third kappa shape index (κ3) is 14.9. The molecule has 0 fully saturated rings. The van der Waals surface area contributed by atoms with Crippen LogP contribution < -0.4 is 26.6 Å². The summed E-state index contributed by atoms with van der Waals surface area (Å²) in [6.45, 7) is 15.9. The number of aromatic carboxylic acids is 3. The van der Waals surface area contributed by atoms with Gasteiger partial charge in [-0.05, 0) is 132 Å². The number of hydrogen-bond acceptors (Lipinski definition) is 12. The van der Waals surface area contributed by atoms with E-state index < -0.39 is 51.4 Å². The first-order valence-electron chi connectivity index (χ1n) is 19.6. The van der Waals surface area contributed by atoms with Crippen molar-refractivity contribution >= 4 is 47.3 Å². The number of aryl methyl sites for hydroxylation is 9. The third-order valence-corrected chi connectivity index (χ3v) is 10.2. The number of carboxylic acids is 3. The Morgan fingerprint density at radius 3 is 1.57 bits per heavy atom. The van der Waals surface area contributed by atoms with Crippen LogP contribution in [0.25, 0.3) is 11.1 Å². The summed E-state index contributed by atoms with van der Waals surface area (Å²) in [5.74, 6) is -4.47. The summed E-state index contributed by atoms with van der Waals surface area (Å²) < 4.78 is 35.2. The van der Waals surface area contributed by atoms with E-state index in [1.807, 2.05) is 0 Å². The standard InChI is InChI=1S/C15H14FNO3.C8H8BrNO3.C8H9NO3.C8H8O4.C7H7BFO2/c1-7-6-10(16)4-5-11(7)12-8(2)17-9(3)13(14(12)18)15(19)20;1-3-5(8(12)13)7(11)6(9)4(2)10-3;1-4-3-6(10)7(8(11)12)5(2)9-4;1-4-3-6(10)7(5(2)9)8(11)12-4;1-5-4-6(9)2-3-7(5)11-8-10/h4-6H,1-3H3,(H,17,18)(H,19,20);1-2H3,(H,10,11)(H,12,13);3H,1-2H3,(H,9,10)(H,11,12);3,10H,1-2H3;2-4,10H,1H3. The lowest BCUT2D eigenvalue weighted by Crippen LogP contribution is -2.21. The van der Waals surface area contributed by atoms with E-state index in [4.69, 9.17) is 25.5 Å². The number of aromatic amines is 3. The molecule has 22 heteroatoms. The zero-order chi connectivity index (χ0) is 52.1. The Morgan fingerprint density at radius 1 is 0.632 bits per heavy atom. The maximum absolute atomic E-state index is 13.2. The number of hydrogen-bond donors (Lipinski definition) is 8. The summed E-state index contributed by atoms with van der Waals surface area (Å²) in [4.78, 5) is 97.5. The van der Waals surface area contributed by atoms with Gasteiger partial charge in [0.1, 0.15) is 51.1 Å². The number of ketones is 1. The summed E-state index contributed by atoms with van der Waals surface area (Å²) in [7, 11) is 0.570. The van der Waals surface area contributed by atoms with Crippen molar-refractivity contribution in [3.05, 3.63) is 179 Å². The number of carbonyl (C=O) groups excluding carboxylic acids is 1. The smallest absolute Gasteiger partial charge is 0.537 e. The molecule has 6 rings (SSSR count). The molecule has 18 nitrogen and oxygen atoms in total. The topological polar surface area (TPSA) is 307 Å². The number of halogens is 3. The molecule has 2 aromatic carbocycles. The monoisotopic (exact) mass is 1010 g/mol. The number of H-pyrrole nitrogens is 3. The molecule has 0 atom stereocenters. The molecule has 0 aliphatic carbocycles. The van der Waals surface area contributed by atoms with Crippen molar-refractivity contribution in [2.75, 3.05) is 0 Å². The average Bonchev–Trinajstić information content (AvgIpc) is 3.18. The minimum Gasteiger partial charge on any atom is -0.537 e. The third-order valence-electron chi connectivity index (χ3n) is 9.26. The van der Waals surface area contributed by atoms with Gasteiger partial charge >= 0.3 is 31.2 Å². The molecule has 4 heterocycles. The van der Waals surface area contributed by atoms with Gasteiger partial charge in [-0.2, -0.15) is 0 Å². The number of nitrogens with one attached hydrogen (secondary N) is 3. The molecule has 0 spiro atoms. The molecule has 0 bridgehead atoms. The summed E-state index contributed by atoms with van der Waals surface area (Å²) in [5, 5.41) is 43.9. The van der Waals surface area contributed by atoms with Crippen LogP contribution in [0.1, 0.15) is 99.4 Å². The fourth-order valence-electron chi connectivity index (χ4n) is 6.30. The lowest BCUT2D eigenvalue weighted by Gasteiger charge is -2.12. The Hall–Kier alpha value is -7.72. The fraction of sp³-hybridized carbons (Fsp3) is 0.217. The number of carboxylic acid groups (broad SMARTS) is 3. The first kappa shape index (κ1) is 56.4. The lowest BCUT2D eigenvalue weighted by atomic mass is 9.96. The Balaban J connectivity index is 0.000000298. The maximum Gasteiger partial charge on any atom is 0.569 e. The zero-order valence-corrected chi connectivity index (χ0v) is 39.7. The van der Waals surface area contributed by atoms with Gasteiger partial charge in [-0.3, -0.25) is 19.2 Å². The second-order valence-electron chi connectivity index (χ2n) is 14.6. The number of benzene rings is 2. The average molecular weight is 1010 g/mol. The van der Waals surface area contributed by atoms with Gasteiger partial charge in [-0.25, -0.2) is 28.0 Å². The van der Waals surface area contributed by atoms with Gasteiger partial charge in [-0.15, -0.1) is 0 Å². The molecule has 0 saturated heterocycles. The molecule has 1 radical (unpaired) electrons. The highest BCUT2D eigenvalue weighted by atomic mass is 79.9. The second kappa shape index (κ2) is 24.7. The van der Waals surface area contributed by atoms with Crippen LogP contribution in [-0.4, -0.2) is 71.8 Å². The molecular weight excluding hydrogens is 963 g/mol. The molecule has 4 aromatic heterocycles. The molecule has 0 aliphatic rings. The summed E-state index contributed by atoms with van der Waals surface area (Å²) >= 11 is 3.03. The molecular formula is C46H46BBrF2N3O15. The van der Waals surface area contributed by atoms with E-state index in [9.17, 15) is 47.1 Å². The molecule has 6 aromatic rings. The normalized spacial score (nSPS) is 10.0. The molecule has 0 aliphatic heterocycles. The van der Waals surface area contributed by atoms with Crippen molar-refractivity contribution in [2.45, 2.75) is 69.2 Å². The van der Waals surface area contributed by atoms with E-state index in [0.29, 0.717) is 64.3 Å². The molecule has 359 valence electrons. The fourth-order valence-corrected chi connectivity index (χ4v) is 6.60. The van der Waals surface area contributed by atoms with Crippen molar-refractivity contribution in [2.24, 2.45) is 0 Å². The minimum absolute atomic E-state index is 0.180. The van der Waals surface area contributed by atoms with Crippen molar-refractivity contribution in [3.8, 4) is 22.6 Å². The number of carbonyl (C=O) groups is 4. The number of aromatic nitrogens is 3. The number of Topliss-reactive ketones (excluding diaryl/α,β-unsaturated/α-hetero) is 1. The van der Waals surface area contributed by atoms with Crippen LogP contribution in [0.3, 0.4) is 0 Å². The number of rotatable bonds is 7. The van der Waals surface area contributed by atoms with Gasteiger partial charge < -0.3 is 49.5 Å². The van der Waals surface area contributed by atoms with Crippen molar-refractivity contribution < 1.29 is 62.5 Å². The second-order valence-corrected chi connectivity index (χ2v) is 15.4. The number of aromatic hydroxyl groups is 1. The number of pyridine rings is 3. The van der Waals surface area contributed by atoms with Crippen LogP contribution in [0.2, 0.25) is 0 Å². The Morgan fingerprint density at radius 2 is 1.12 bits per heavy atom. The van der Waals surface area contributed by atoms with Crippen LogP contribution in [0, 0.1) is 73.9 Å². The molecule has 68 heavy (non-hydrogen) atoms. The molecule has 0 saturated carbocycles. The quantitative estimate of drug-likeness (QED) is 0.0599. The maximum atomic E-state index is 13.2. The van der Waals surface area contributed by atoms with Crippen molar-refractivity contribution in [1.29, 1.82) is 0 Å².